The maximum absolute atomic E-state index is 12.6. The molecule has 0 radical (unpaired) electrons. The molecule has 3 aliphatic rings. The standard InChI is InChI=1S/C19H24N4O3/c1-11-5-6-13(8-12(11)2)20-19(26)21-14-9-16-18(25)22-7-3-4-15(22)17(24)23(16)10-14/h5-6,8,14-16H,3-4,7,9-10H2,1-2H3,(H2,20,21,26)/t14-,15-,16-/m0/s1. The second-order valence-corrected chi connectivity index (χ2v) is 7.53. The lowest BCUT2D eigenvalue weighted by Crippen LogP contribution is -2.60. The lowest BCUT2D eigenvalue weighted by Gasteiger charge is -2.38. The van der Waals surface area contributed by atoms with Crippen molar-refractivity contribution in [2.45, 2.75) is 51.2 Å². The molecule has 26 heavy (non-hydrogen) atoms. The lowest BCUT2D eigenvalue weighted by molar-refractivity contribution is -0.156. The molecule has 0 saturated carbocycles. The number of carbonyl (C=O) groups is 3. The number of piperazine rings is 1. The van der Waals surface area contributed by atoms with Crippen molar-refractivity contribution in [3.05, 3.63) is 29.3 Å². The molecule has 0 bridgehead atoms. The molecule has 4 rings (SSSR count). The van der Waals surface area contributed by atoms with E-state index in [-0.39, 0.29) is 29.9 Å². The van der Waals surface area contributed by atoms with Gasteiger partial charge in [-0.15, -0.1) is 0 Å². The van der Waals surface area contributed by atoms with E-state index in [1.165, 1.54) is 5.56 Å². The van der Waals surface area contributed by atoms with Gasteiger partial charge in [-0.3, -0.25) is 9.59 Å². The summed E-state index contributed by atoms with van der Waals surface area (Å²) in [5, 5.41) is 5.74. The summed E-state index contributed by atoms with van der Waals surface area (Å²) in [6, 6.07) is 4.52. The number of anilines is 1. The van der Waals surface area contributed by atoms with Crippen LogP contribution in [0.25, 0.3) is 0 Å². The number of fused-ring (bicyclic) bond motifs is 2. The third-order valence-electron chi connectivity index (χ3n) is 5.79. The molecule has 0 unspecified atom stereocenters. The first-order valence-electron chi connectivity index (χ1n) is 9.20. The van der Waals surface area contributed by atoms with Gasteiger partial charge in [0.2, 0.25) is 11.8 Å². The Morgan fingerprint density at radius 2 is 1.85 bits per heavy atom. The molecule has 1 aromatic carbocycles. The highest BCUT2D eigenvalue weighted by Crippen LogP contribution is 2.32. The number of hydrogen-bond acceptors (Lipinski definition) is 3. The highest BCUT2D eigenvalue weighted by atomic mass is 16.2. The van der Waals surface area contributed by atoms with Crippen LogP contribution < -0.4 is 10.6 Å². The Balaban J connectivity index is 1.39. The van der Waals surface area contributed by atoms with Gasteiger partial charge in [-0.25, -0.2) is 4.79 Å². The van der Waals surface area contributed by atoms with Crippen LogP contribution in [0, 0.1) is 13.8 Å². The van der Waals surface area contributed by atoms with E-state index in [1.54, 1.807) is 9.80 Å². The van der Waals surface area contributed by atoms with Crippen molar-refractivity contribution < 1.29 is 14.4 Å². The quantitative estimate of drug-likeness (QED) is 0.840. The van der Waals surface area contributed by atoms with Crippen LogP contribution in [0.15, 0.2) is 18.2 Å². The Hall–Kier alpha value is -2.57. The molecule has 7 heteroatoms. The van der Waals surface area contributed by atoms with E-state index >= 15 is 0 Å². The summed E-state index contributed by atoms with van der Waals surface area (Å²) in [4.78, 5) is 41.0. The third kappa shape index (κ3) is 2.81. The number of urea groups is 1. The molecular weight excluding hydrogens is 332 g/mol. The molecule has 3 fully saturated rings. The smallest absolute Gasteiger partial charge is 0.319 e. The minimum atomic E-state index is -0.427. The summed E-state index contributed by atoms with van der Waals surface area (Å²) in [7, 11) is 0. The summed E-state index contributed by atoms with van der Waals surface area (Å²) < 4.78 is 0. The van der Waals surface area contributed by atoms with Crippen LogP contribution in [0.1, 0.15) is 30.4 Å². The Labute approximate surface area is 152 Å². The number of aryl methyl sites for hydroxylation is 2. The Kier molecular flexibility index (Phi) is 4.09. The van der Waals surface area contributed by atoms with Gasteiger partial charge in [0.25, 0.3) is 0 Å². The number of benzene rings is 1. The van der Waals surface area contributed by atoms with E-state index in [4.69, 9.17) is 0 Å². The largest absolute Gasteiger partial charge is 0.333 e. The van der Waals surface area contributed by atoms with Crippen LogP contribution in [0.2, 0.25) is 0 Å². The maximum Gasteiger partial charge on any atom is 0.319 e. The van der Waals surface area contributed by atoms with E-state index < -0.39 is 6.04 Å². The van der Waals surface area contributed by atoms with E-state index in [9.17, 15) is 14.4 Å². The second-order valence-electron chi connectivity index (χ2n) is 7.53. The molecule has 1 aromatic rings. The zero-order chi connectivity index (χ0) is 18.4. The Bertz CT molecular complexity index is 748. The fraction of sp³-hybridized carbons (Fsp3) is 0.526. The van der Waals surface area contributed by atoms with Gasteiger partial charge in [-0.1, -0.05) is 6.07 Å². The Morgan fingerprint density at radius 3 is 2.62 bits per heavy atom. The van der Waals surface area contributed by atoms with E-state index in [0.717, 1.165) is 24.1 Å². The van der Waals surface area contributed by atoms with Crippen molar-refractivity contribution in [1.29, 1.82) is 0 Å². The van der Waals surface area contributed by atoms with Crippen LogP contribution in [0.3, 0.4) is 0 Å². The van der Waals surface area contributed by atoms with E-state index in [1.807, 2.05) is 32.0 Å². The molecule has 3 aliphatic heterocycles. The number of carbonyl (C=O) groups excluding carboxylic acids is 3. The molecular formula is C19H24N4O3. The van der Waals surface area contributed by atoms with Crippen molar-refractivity contribution in [1.82, 2.24) is 15.1 Å². The summed E-state index contributed by atoms with van der Waals surface area (Å²) in [6.45, 7) is 5.09. The lowest BCUT2D eigenvalue weighted by atomic mass is 10.1. The molecule has 138 valence electrons. The zero-order valence-electron chi connectivity index (χ0n) is 15.1. The first kappa shape index (κ1) is 16.9. The molecule has 3 atom stereocenters. The van der Waals surface area contributed by atoms with Gasteiger partial charge in [0.05, 0.1) is 6.04 Å². The summed E-state index contributed by atoms with van der Waals surface area (Å²) in [5.74, 6) is 0.0666. The molecule has 7 nitrogen and oxygen atoms in total. The summed E-state index contributed by atoms with van der Waals surface area (Å²) >= 11 is 0. The predicted octanol–water partition coefficient (Wildman–Crippen LogP) is 1.40. The van der Waals surface area contributed by atoms with Crippen LogP contribution in [0.4, 0.5) is 10.5 Å². The highest BCUT2D eigenvalue weighted by molar-refractivity contribution is 5.98. The second kappa shape index (κ2) is 6.30. The van der Waals surface area contributed by atoms with Gasteiger partial charge >= 0.3 is 6.03 Å². The van der Waals surface area contributed by atoms with Gasteiger partial charge in [-0.2, -0.15) is 0 Å². The van der Waals surface area contributed by atoms with Crippen LogP contribution in [-0.4, -0.2) is 58.9 Å². The fourth-order valence-corrected chi connectivity index (χ4v) is 4.26. The number of hydrogen-bond donors (Lipinski definition) is 2. The average Bonchev–Trinajstić information content (AvgIpc) is 3.23. The molecule has 4 amide bonds. The average molecular weight is 356 g/mol. The minimum Gasteiger partial charge on any atom is -0.333 e. The third-order valence-corrected chi connectivity index (χ3v) is 5.79. The number of rotatable bonds is 2. The van der Waals surface area contributed by atoms with Crippen molar-refractivity contribution in [2.75, 3.05) is 18.4 Å². The van der Waals surface area contributed by atoms with Gasteiger partial charge < -0.3 is 20.4 Å². The van der Waals surface area contributed by atoms with Crippen LogP contribution in [0.5, 0.6) is 0 Å². The normalized spacial score (nSPS) is 27.4. The molecule has 0 aromatic heterocycles. The van der Waals surface area contributed by atoms with Crippen LogP contribution in [-0.2, 0) is 9.59 Å². The highest BCUT2D eigenvalue weighted by Gasteiger charge is 2.51. The van der Waals surface area contributed by atoms with E-state index in [2.05, 4.69) is 10.6 Å². The Morgan fingerprint density at radius 1 is 1.08 bits per heavy atom. The van der Waals surface area contributed by atoms with Gasteiger partial charge in [-0.05, 0) is 56.4 Å². The topological polar surface area (TPSA) is 81.8 Å². The zero-order valence-corrected chi connectivity index (χ0v) is 15.1. The monoisotopic (exact) mass is 356 g/mol. The number of nitrogens with one attached hydrogen (secondary N) is 2. The van der Waals surface area contributed by atoms with Crippen LogP contribution >= 0.6 is 0 Å². The predicted molar refractivity (Wildman–Crippen MR) is 96.7 cm³/mol. The van der Waals surface area contributed by atoms with Gasteiger partial charge in [0.1, 0.15) is 12.1 Å². The molecule has 3 heterocycles. The van der Waals surface area contributed by atoms with Crippen molar-refractivity contribution in [2.24, 2.45) is 0 Å². The van der Waals surface area contributed by atoms with Gasteiger partial charge in [0, 0.05) is 18.8 Å². The molecule has 0 aliphatic carbocycles. The SMILES string of the molecule is Cc1ccc(NC(=O)N[C@H]2C[C@H]3C(=O)N4CCC[C@H]4C(=O)N3C2)cc1C. The first-order valence-corrected chi connectivity index (χ1v) is 9.20. The fourth-order valence-electron chi connectivity index (χ4n) is 4.26. The maximum atomic E-state index is 12.6. The van der Waals surface area contributed by atoms with E-state index in [0.29, 0.717) is 19.5 Å². The first-order chi connectivity index (χ1) is 12.4. The molecule has 3 saturated heterocycles. The summed E-state index contributed by atoms with van der Waals surface area (Å²) in [5.41, 5.74) is 3.01. The molecule has 0 spiro atoms. The summed E-state index contributed by atoms with van der Waals surface area (Å²) in [6.07, 6.45) is 2.12. The molecule has 2 N–H and O–H groups in total. The number of nitrogens with zero attached hydrogens (tertiary/aromatic N) is 2. The van der Waals surface area contributed by atoms with Gasteiger partial charge in [0.15, 0.2) is 0 Å². The van der Waals surface area contributed by atoms with Crippen molar-refractivity contribution in [3.63, 3.8) is 0 Å². The van der Waals surface area contributed by atoms with Crippen molar-refractivity contribution in [3.8, 4) is 0 Å². The minimum absolute atomic E-state index is 0.0333. The number of amides is 4. The van der Waals surface area contributed by atoms with Crippen molar-refractivity contribution >= 4 is 23.5 Å².